The maximum absolute atomic E-state index is 2.58. The SMILES string of the molecule is CC1(C)c2ccccc2-c2cc3c4ccc5c(c4n(-c4ccc6c(c4)c4ccccc4n6-c4ccc6sc7ccccc7c6c4)c3cc21)Sc1ccccc1S5. The Balaban J connectivity index is 1.10. The molecular formula is C51H32N2S3. The Labute approximate surface area is 336 Å². The Morgan fingerprint density at radius 1 is 0.411 bits per heavy atom. The van der Waals surface area contributed by atoms with Crippen molar-refractivity contribution in [3.05, 3.63) is 169 Å². The van der Waals surface area contributed by atoms with E-state index in [2.05, 4.69) is 181 Å². The van der Waals surface area contributed by atoms with Gasteiger partial charge in [0, 0.05) is 73.2 Å². The van der Waals surface area contributed by atoms with Crippen LogP contribution in [-0.4, -0.2) is 9.13 Å². The summed E-state index contributed by atoms with van der Waals surface area (Å²) in [6.07, 6.45) is 0. The Bertz CT molecular complexity index is 3520. The van der Waals surface area contributed by atoms with Crippen LogP contribution in [0.25, 0.3) is 86.3 Å². The van der Waals surface area contributed by atoms with Gasteiger partial charge < -0.3 is 9.13 Å². The minimum Gasteiger partial charge on any atom is -0.309 e. The fourth-order valence-electron chi connectivity index (χ4n) is 9.78. The predicted molar refractivity (Wildman–Crippen MR) is 240 cm³/mol. The number of rotatable bonds is 2. The van der Waals surface area contributed by atoms with Crippen molar-refractivity contribution >= 4 is 98.6 Å². The minimum atomic E-state index is -0.101. The largest absolute Gasteiger partial charge is 0.309 e. The number of aromatic nitrogens is 2. The molecule has 0 amide bonds. The van der Waals surface area contributed by atoms with Gasteiger partial charge in [-0.2, -0.15) is 0 Å². The van der Waals surface area contributed by atoms with Crippen LogP contribution in [0.2, 0.25) is 0 Å². The second kappa shape index (κ2) is 11.2. The smallest absolute Gasteiger partial charge is 0.0692 e. The number of thiophene rings is 1. The van der Waals surface area contributed by atoms with Gasteiger partial charge in [-0.25, -0.2) is 0 Å². The second-order valence-corrected chi connectivity index (χ2v) is 18.9. The molecule has 0 atom stereocenters. The van der Waals surface area contributed by atoms with Crippen molar-refractivity contribution in [2.45, 2.75) is 38.8 Å². The van der Waals surface area contributed by atoms with Crippen molar-refractivity contribution < 1.29 is 0 Å². The molecule has 3 aromatic heterocycles. The Morgan fingerprint density at radius 3 is 2.00 bits per heavy atom. The molecular weight excluding hydrogens is 737 g/mol. The van der Waals surface area contributed by atoms with Gasteiger partial charge in [0.2, 0.25) is 0 Å². The van der Waals surface area contributed by atoms with E-state index in [0.717, 1.165) is 0 Å². The van der Waals surface area contributed by atoms with Crippen LogP contribution in [-0.2, 0) is 5.41 Å². The van der Waals surface area contributed by atoms with Gasteiger partial charge in [-0.1, -0.05) is 116 Å². The molecule has 2 aliphatic rings. The molecule has 1 aliphatic heterocycles. The van der Waals surface area contributed by atoms with Crippen LogP contribution in [0.3, 0.4) is 0 Å². The van der Waals surface area contributed by atoms with E-state index in [9.17, 15) is 0 Å². The molecule has 13 rings (SSSR count). The molecule has 0 saturated heterocycles. The Hall–Kier alpha value is -5.72. The zero-order valence-electron chi connectivity index (χ0n) is 30.6. The topological polar surface area (TPSA) is 9.86 Å². The van der Waals surface area contributed by atoms with Crippen molar-refractivity contribution in [1.29, 1.82) is 0 Å². The lowest BCUT2D eigenvalue weighted by Gasteiger charge is -2.22. The van der Waals surface area contributed by atoms with E-state index in [1.54, 1.807) is 0 Å². The lowest BCUT2D eigenvalue weighted by atomic mass is 9.82. The quantitative estimate of drug-likeness (QED) is 0.173. The summed E-state index contributed by atoms with van der Waals surface area (Å²) in [5.41, 5.74) is 12.8. The molecule has 0 spiro atoms. The van der Waals surface area contributed by atoms with Gasteiger partial charge in [-0.15, -0.1) is 11.3 Å². The number of fused-ring (bicyclic) bond motifs is 15. The predicted octanol–water partition coefficient (Wildman–Crippen LogP) is 15.2. The third-order valence-electron chi connectivity index (χ3n) is 12.4. The molecule has 0 N–H and O–H groups in total. The highest BCUT2D eigenvalue weighted by molar-refractivity contribution is 8.05. The van der Waals surface area contributed by atoms with Crippen LogP contribution in [0.4, 0.5) is 0 Å². The Kier molecular flexibility index (Phi) is 6.30. The van der Waals surface area contributed by atoms with E-state index in [4.69, 9.17) is 0 Å². The number of hydrogen-bond acceptors (Lipinski definition) is 3. The standard InChI is InChI=1S/C51H32N2S3/c1-51(2)39-14-6-3-11-31(39)35-27-37-34-21-24-48-50(56-47-18-10-9-17-46(47)55-48)49(34)53(43(37)28-40(35)51)30-19-22-42-36(25-30)32-12-4-7-15-41(32)52(42)29-20-23-45-38(26-29)33-13-5-8-16-44(33)54-45/h3-28H,1-2H3. The second-order valence-electron chi connectivity index (χ2n) is 15.7. The van der Waals surface area contributed by atoms with Crippen LogP contribution in [0.15, 0.2) is 177 Å². The van der Waals surface area contributed by atoms with Crippen LogP contribution in [0.5, 0.6) is 0 Å². The van der Waals surface area contributed by atoms with E-state index in [-0.39, 0.29) is 5.41 Å². The van der Waals surface area contributed by atoms with Crippen molar-refractivity contribution in [1.82, 2.24) is 9.13 Å². The highest BCUT2D eigenvalue weighted by Gasteiger charge is 2.36. The van der Waals surface area contributed by atoms with Crippen LogP contribution in [0, 0.1) is 0 Å². The molecule has 56 heavy (non-hydrogen) atoms. The highest BCUT2D eigenvalue weighted by atomic mass is 32.2. The van der Waals surface area contributed by atoms with Gasteiger partial charge in [0.05, 0.1) is 27.0 Å². The molecule has 0 unspecified atom stereocenters. The molecule has 0 saturated carbocycles. The minimum absolute atomic E-state index is 0.101. The molecule has 0 radical (unpaired) electrons. The zero-order chi connectivity index (χ0) is 36.9. The van der Waals surface area contributed by atoms with Gasteiger partial charge in [-0.05, 0) is 101 Å². The normalized spacial score (nSPS) is 14.2. The van der Waals surface area contributed by atoms with Crippen molar-refractivity contribution in [2.24, 2.45) is 0 Å². The molecule has 2 nitrogen and oxygen atoms in total. The van der Waals surface area contributed by atoms with Gasteiger partial charge >= 0.3 is 0 Å². The first-order chi connectivity index (χ1) is 27.5. The first-order valence-electron chi connectivity index (χ1n) is 19.2. The van der Waals surface area contributed by atoms with Crippen molar-refractivity contribution in [2.75, 3.05) is 0 Å². The van der Waals surface area contributed by atoms with Crippen molar-refractivity contribution in [3.63, 3.8) is 0 Å². The molecule has 1 aliphatic carbocycles. The summed E-state index contributed by atoms with van der Waals surface area (Å²) < 4.78 is 7.70. The molecule has 5 heteroatoms. The Morgan fingerprint density at radius 2 is 1.09 bits per heavy atom. The van der Waals surface area contributed by atoms with E-state index in [1.165, 1.54) is 117 Å². The molecule has 0 fully saturated rings. The number of benzene rings is 8. The van der Waals surface area contributed by atoms with Gasteiger partial charge in [-0.3, -0.25) is 0 Å². The molecule has 0 bridgehead atoms. The van der Waals surface area contributed by atoms with Crippen LogP contribution in [0.1, 0.15) is 25.0 Å². The van der Waals surface area contributed by atoms with E-state index in [1.807, 2.05) is 34.9 Å². The molecule has 11 aromatic rings. The van der Waals surface area contributed by atoms with Gasteiger partial charge in [0.1, 0.15) is 0 Å². The number of nitrogens with zero attached hydrogens (tertiary/aromatic N) is 2. The first-order valence-corrected chi connectivity index (χ1v) is 21.6. The number of hydrogen-bond donors (Lipinski definition) is 0. The van der Waals surface area contributed by atoms with Gasteiger partial charge in [0.15, 0.2) is 0 Å². The fourth-order valence-corrected chi connectivity index (χ4v) is 13.2. The average Bonchev–Trinajstić information content (AvgIpc) is 3.94. The van der Waals surface area contributed by atoms with Gasteiger partial charge in [0.25, 0.3) is 0 Å². The summed E-state index contributed by atoms with van der Waals surface area (Å²) in [4.78, 5) is 5.30. The van der Waals surface area contributed by atoms with E-state index >= 15 is 0 Å². The van der Waals surface area contributed by atoms with Crippen molar-refractivity contribution in [3.8, 4) is 22.5 Å². The number of para-hydroxylation sites is 1. The lowest BCUT2D eigenvalue weighted by molar-refractivity contribution is 0.661. The molecule has 4 heterocycles. The first kappa shape index (κ1) is 31.5. The van der Waals surface area contributed by atoms with Crippen LogP contribution < -0.4 is 0 Å². The zero-order valence-corrected chi connectivity index (χ0v) is 33.1. The summed E-state index contributed by atoms with van der Waals surface area (Å²) in [7, 11) is 0. The lowest BCUT2D eigenvalue weighted by Crippen LogP contribution is -2.15. The summed E-state index contributed by atoms with van der Waals surface area (Å²) in [6, 6.07) is 59.4. The van der Waals surface area contributed by atoms with E-state index < -0.39 is 0 Å². The maximum Gasteiger partial charge on any atom is 0.0692 e. The average molecular weight is 769 g/mol. The fraction of sp³-hybridized carbons (Fsp3) is 0.0588. The summed E-state index contributed by atoms with van der Waals surface area (Å²) in [5.74, 6) is 0. The molecule has 264 valence electrons. The third kappa shape index (κ3) is 4.15. The third-order valence-corrected chi connectivity index (χ3v) is 16.1. The molecule has 8 aromatic carbocycles. The summed E-state index contributed by atoms with van der Waals surface area (Å²) >= 11 is 5.68. The summed E-state index contributed by atoms with van der Waals surface area (Å²) in [5, 5.41) is 7.76. The maximum atomic E-state index is 2.58. The monoisotopic (exact) mass is 768 g/mol. The van der Waals surface area contributed by atoms with Crippen LogP contribution >= 0.6 is 34.9 Å². The summed E-state index contributed by atoms with van der Waals surface area (Å²) in [6.45, 7) is 4.78. The highest BCUT2D eigenvalue weighted by Crippen LogP contribution is 2.55. The van der Waals surface area contributed by atoms with E-state index in [0.29, 0.717) is 0 Å².